The molecule has 5 nitrogen and oxygen atoms in total. The van der Waals surface area contributed by atoms with Gasteiger partial charge in [0.05, 0.1) is 5.25 Å². The van der Waals surface area contributed by atoms with Crippen molar-refractivity contribution in [3.8, 4) is 11.3 Å². The predicted molar refractivity (Wildman–Crippen MR) is 108 cm³/mol. The van der Waals surface area contributed by atoms with Crippen molar-refractivity contribution >= 4 is 56.1 Å². The molecule has 1 N–H and O–H groups in total. The molecule has 1 aromatic heterocycles. The van der Waals surface area contributed by atoms with Crippen LogP contribution in [0.3, 0.4) is 0 Å². The van der Waals surface area contributed by atoms with Gasteiger partial charge in [-0.15, -0.1) is 0 Å². The molecule has 0 saturated carbocycles. The van der Waals surface area contributed by atoms with Crippen LogP contribution in [0.15, 0.2) is 45.3 Å². The molecule has 0 bridgehead atoms. The molecule has 136 valence electrons. The van der Waals surface area contributed by atoms with Crippen molar-refractivity contribution in [1.82, 2.24) is 4.90 Å². The number of carbonyl (C=O) groups is 2. The van der Waals surface area contributed by atoms with Crippen LogP contribution < -0.4 is 0 Å². The van der Waals surface area contributed by atoms with Gasteiger partial charge in [-0.2, -0.15) is 0 Å². The number of carboxylic acid groups (broad SMARTS) is 1. The smallest absolute Gasteiger partial charge is 0.303 e. The molecule has 1 amide bonds. The van der Waals surface area contributed by atoms with Gasteiger partial charge in [-0.25, -0.2) is 0 Å². The number of benzene rings is 1. The van der Waals surface area contributed by atoms with Gasteiger partial charge in [0.1, 0.15) is 15.8 Å². The number of thiocarbonyl (C=S) groups is 1. The number of amides is 1. The summed E-state index contributed by atoms with van der Waals surface area (Å²) in [7, 11) is 0. The lowest BCUT2D eigenvalue weighted by Crippen LogP contribution is -2.33. The number of halogens is 1. The third-order valence-electron chi connectivity index (χ3n) is 3.95. The lowest BCUT2D eigenvalue weighted by atomic mass is 10.2. The number of thioether (sulfide) groups is 1. The number of nitrogens with zero attached hydrogens (tertiary/aromatic N) is 1. The van der Waals surface area contributed by atoms with E-state index < -0.39 is 5.97 Å². The van der Waals surface area contributed by atoms with Crippen molar-refractivity contribution in [2.24, 2.45) is 0 Å². The Kier molecular flexibility index (Phi) is 6.16. The van der Waals surface area contributed by atoms with E-state index in [0.717, 1.165) is 21.6 Å². The normalized spacial score (nSPS) is 17.1. The predicted octanol–water partition coefficient (Wildman–Crippen LogP) is 4.35. The number of hydrogen-bond donors (Lipinski definition) is 1. The molecule has 1 atom stereocenters. The van der Waals surface area contributed by atoms with E-state index in [1.165, 1.54) is 16.7 Å². The first-order chi connectivity index (χ1) is 12.4. The molecule has 1 aliphatic heterocycles. The molecule has 1 aromatic carbocycles. The van der Waals surface area contributed by atoms with Gasteiger partial charge in [0.15, 0.2) is 0 Å². The van der Waals surface area contributed by atoms with E-state index in [2.05, 4.69) is 15.9 Å². The highest BCUT2D eigenvalue weighted by molar-refractivity contribution is 9.10. The highest BCUT2D eigenvalue weighted by Gasteiger charge is 2.37. The largest absolute Gasteiger partial charge is 0.481 e. The van der Waals surface area contributed by atoms with Crippen molar-refractivity contribution in [3.63, 3.8) is 0 Å². The average molecular weight is 454 g/mol. The van der Waals surface area contributed by atoms with Crippen LogP contribution in [-0.2, 0) is 16.0 Å². The number of rotatable bonds is 7. The summed E-state index contributed by atoms with van der Waals surface area (Å²) >= 11 is 10.0. The van der Waals surface area contributed by atoms with Crippen LogP contribution in [0.2, 0.25) is 0 Å². The zero-order valence-electron chi connectivity index (χ0n) is 13.7. The van der Waals surface area contributed by atoms with Crippen molar-refractivity contribution in [2.75, 3.05) is 6.54 Å². The van der Waals surface area contributed by atoms with Gasteiger partial charge in [0.2, 0.25) is 5.91 Å². The number of carbonyl (C=O) groups excluding carboxylic acids is 1. The second-order valence-corrected chi connectivity index (χ2v) is 8.59. The summed E-state index contributed by atoms with van der Waals surface area (Å²) in [5, 5.41) is 8.40. The highest BCUT2D eigenvalue weighted by Crippen LogP contribution is 2.32. The lowest BCUT2D eigenvalue weighted by Gasteiger charge is -2.14. The summed E-state index contributed by atoms with van der Waals surface area (Å²) in [5.41, 5.74) is 0.968. The minimum Gasteiger partial charge on any atom is -0.481 e. The van der Waals surface area contributed by atoms with Crippen LogP contribution in [0.25, 0.3) is 11.3 Å². The SMILES string of the molecule is O=C(O)CCCN1C(=O)C(Cc2ccc(-c3ccc(Br)cc3)o2)SC1=S. The first kappa shape index (κ1) is 19.1. The van der Waals surface area contributed by atoms with E-state index in [9.17, 15) is 9.59 Å². The Morgan fingerprint density at radius 1 is 1.27 bits per heavy atom. The van der Waals surface area contributed by atoms with Crippen molar-refractivity contribution in [2.45, 2.75) is 24.5 Å². The van der Waals surface area contributed by atoms with E-state index in [1.807, 2.05) is 36.4 Å². The first-order valence-electron chi connectivity index (χ1n) is 8.02. The second-order valence-electron chi connectivity index (χ2n) is 5.84. The third kappa shape index (κ3) is 4.55. The molecule has 1 fully saturated rings. The van der Waals surface area contributed by atoms with Crippen LogP contribution in [0.5, 0.6) is 0 Å². The monoisotopic (exact) mass is 453 g/mol. The Hall–Kier alpha value is -1.64. The van der Waals surface area contributed by atoms with Gasteiger partial charge in [0.25, 0.3) is 0 Å². The van der Waals surface area contributed by atoms with Gasteiger partial charge in [-0.1, -0.05) is 52.0 Å². The molecule has 2 aromatic rings. The van der Waals surface area contributed by atoms with Crippen molar-refractivity contribution in [1.29, 1.82) is 0 Å². The maximum Gasteiger partial charge on any atom is 0.303 e. The molecular weight excluding hydrogens is 438 g/mol. The molecule has 0 aliphatic carbocycles. The van der Waals surface area contributed by atoms with E-state index in [-0.39, 0.29) is 17.6 Å². The molecule has 1 aliphatic rings. The Morgan fingerprint density at radius 3 is 2.69 bits per heavy atom. The number of hydrogen-bond acceptors (Lipinski definition) is 5. The number of carboxylic acids is 1. The van der Waals surface area contributed by atoms with Gasteiger partial charge in [-0.05, 0) is 30.7 Å². The zero-order valence-corrected chi connectivity index (χ0v) is 16.9. The summed E-state index contributed by atoms with van der Waals surface area (Å²) < 4.78 is 7.38. The van der Waals surface area contributed by atoms with E-state index in [1.54, 1.807) is 0 Å². The van der Waals surface area contributed by atoms with Crippen LogP contribution in [-0.4, -0.2) is 38.0 Å². The fourth-order valence-corrected chi connectivity index (χ4v) is 4.48. The molecule has 0 radical (unpaired) electrons. The molecule has 0 spiro atoms. The van der Waals surface area contributed by atoms with E-state index in [4.69, 9.17) is 21.7 Å². The molecule has 3 rings (SSSR count). The Bertz CT molecular complexity index is 834. The number of aliphatic carboxylic acids is 1. The minimum absolute atomic E-state index is 0.0243. The summed E-state index contributed by atoms with van der Waals surface area (Å²) in [6, 6.07) is 11.6. The molecule has 26 heavy (non-hydrogen) atoms. The standard InChI is InChI=1S/C18H16BrNO4S2/c19-12-5-3-11(4-6-12)14-8-7-13(24-14)10-15-17(23)20(18(25)26-15)9-1-2-16(21)22/h3-8,15H,1-2,9-10H2,(H,21,22). The fourth-order valence-electron chi connectivity index (χ4n) is 2.66. The van der Waals surface area contributed by atoms with Crippen molar-refractivity contribution < 1.29 is 19.1 Å². The summed E-state index contributed by atoms with van der Waals surface area (Å²) in [6.07, 6.45) is 0.870. The van der Waals surface area contributed by atoms with Gasteiger partial charge in [0, 0.05) is 29.4 Å². The number of furan rings is 1. The topological polar surface area (TPSA) is 70.8 Å². The molecule has 1 saturated heterocycles. The Labute approximate surface area is 168 Å². The Morgan fingerprint density at radius 2 is 2.00 bits per heavy atom. The maximum absolute atomic E-state index is 12.5. The second kappa shape index (κ2) is 8.37. The molecule has 1 unspecified atom stereocenters. The van der Waals surface area contributed by atoms with Gasteiger partial charge in [-0.3, -0.25) is 14.5 Å². The van der Waals surface area contributed by atoms with Crippen molar-refractivity contribution in [3.05, 3.63) is 46.6 Å². The quantitative estimate of drug-likeness (QED) is 0.628. The minimum atomic E-state index is -0.872. The van der Waals surface area contributed by atoms with Crippen LogP contribution in [0, 0.1) is 0 Å². The Balaban J connectivity index is 1.62. The van der Waals surface area contributed by atoms with E-state index >= 15 is 0 Å². The lowest BCUT2D eigenvalue weighted by molar-refractivity contribution is -0.137. The summed E-state index contributed by atoms with van der Waals surface area (Å²) in [6.45, 7) is 0.343. The highest BCUT2D eigenvalue weighted by atomic mass is 79.9. The summed E-state index contributed by atoms with van der Waals surface area (Å²) in [5.74, 6) is 0.530. The van der Waals surface area contributed by atoms with Gasteiger partial charge < -0.3 is 9.52 Å². The molecule has 8 heteroatoms. The summed E-state index contributed by atoms with van der Waals surface area (Å²) in [4.78, 5) is 24.7. The van der Waals surface area contributed by atoms with Crippen LogP contribution >= 0.6 is 39.9 Å². The van der Waals surface area contributed by atoms with Crippen LogP contribution in [0.1, 0.15) is 18.6 Å². The molecular formula is C18H16BrNO4S2. The zero-order chi connectivity index (χ0) is 18.7. The fraction of sp³-hybridized carbons (Fsp3) is 0.278. The average Bonchev–Trinajstić information content (AvgIpc) is 3.15. The van der Waals surface area contributed by atoms with E-state index in [0.29, 0.717) is 23.7 Å². The van der Waals surface area contributed by atoms with Gasteiger partial charge >= 0.3 is 5.97 Å². The van der Waals surface area contributed by atoms with Crippen LogP contribution in [0.4, 0.5) is 0 Å². The molecule has 2 heterocycles. The maximum atomic E-state index is 12.5. The third-order valence-corrected chi connectivity index (χ3v) is 6.07. The first-order valence-corrected chi connectivity index (χ1v) is 10.1.